The van der Waals surface area contributed by atoms with Crippen LogP contribution in [0.1, 0.15) is 33.4 Å². The zero-order valence-corrected chi connectivity index (χ0v) is 50.1. The molecule has 92 heavy (non-hydrogen) atoms. The van der Waals surface area contributed by atoms with Crippen molar-refractivity contribution in [2.24, 2.45) is 0 Å². The largest absolute Gasteiger partial charge is 0.311 e. The van der Waals surface area contributed by atoms with E-state index in [2.05, 4.69) is 360 Å². The van der Waals surface area contributed by atoms with Crippen molar-refractivity contribution in [1.29, 1.82) is 10.5 Å². The summed E-state index contributed by atoms with van der Waals surface area (Å²) in [5.41, 5.74) is 26.3. The van der Waals surface area contributed by atoms with E-state index in [1.807, 2.05) is 12.1 Å². The average Bonchev–Trinajstić information content (AvgIpc) is 1.43. The third kappa shape index (κ3) is 9.58. The number of benzene rings is 14. The van der Waals surface area contributed by atoms with Gasteiger partial charge in [-0.1, -0.05) is 194 Å². The molecule has 0 unspecified atom stereocenters. The predicted molar refractivity (Wildman–Crippen MR) is 378 cm³/mol. The van der Waals surface area contributed by atoms with E-state index in [1.165, 1.54) is 0 Å². The van der Waals surface area contributed by atoms with Crippen LogP contribution in [0.4, 0.5) is 51.2 Å². The van der Waals surface area contributed by atoms with E-state index in [0.717, 1.165) is 140 Å². The van der Waals surface area contributed by atoms with Crippen LogP contribution in [0.2, 0.25) is 0 Å². The minimum Gasteiger partial charge on any atom is -0.311 e. The number of rotatable bonds is 12. The molecule has 0 N–H and O–H groups in total. The monoisotopic (exact) mass is 1170 g/mol. The van der Waals surface area contributed by atoms with Gasteiger partial charge in [-0.3, -0.25) is 0 Å². The third-order valence-corrected chi connectivity index (χ3v) is 18.2. The highest BCUT2D eigenvalue weighted by atomic mass is 15.2. The van der Waals surface area contributed by atoms with E-state index in [1.54, 1.807) is 0 Å². The molecular weight excluding hydrogens is 1110 g/mol. The van der Waals surface area contributed by atoms with Gasteiger partial charge in [-0.25, -0.2) is 0 Å². The molecule has 14 aromatic carbocycles. The first-order valence-corrected chi connectivity index (χ1v) is 31.1. The Kier molecular flexibility index (Phi) is 13.8. The second-order valence-corrected chi connectivity index (χ2v) is 23.5. The highest BCUT2D eigenvalue weighted by Gasteiger charge is 2.52. The molecule has 5 heteroatoms. The zero-order chi connectivity index (χ0) is 61.5. The van der Waals surface area contributed by atoms with E-state index in [4.69, 9.17) is 0 Å². The van der Waals surface area contributed by atoms with E-state index in [-0.39, 0.29) is 0 Å². The lowest BCUT2D eigenvalue weighted by Gasteiger charge is -2.45. The molecule has 0 radical (unpaired) electrons. The summed E-state index contributed by atoms with van der Waals surface area (Å²) in [6.45, 7) is 0. The van der Waals surface area contributed by atoms with Crippen LogP contribution in [0.3, 0.4) is 0 Å². The van der Waals surface area contributed by atoms with E-state index in [9.17, 15) is 10.5 Å². The number of para-hydroxylation sites is 4. The van der Waals surface area contributed by atoms with Gasteiger partial charge in [-0.15, -0.1) is 0 Å². The quantitative estimate of drug-likeness (QED) is 0.122. The van der Waals surface area contributed by atoms with E-state index >= 15 is 0 Å². The van der Waals surface area contributed by atoms with Crippen molar-refractivity contribution in [2.75, 3.05) is 14.7 Å². The molecule has 0 aromatic heterocycles. The fourth-order valence-corrected chi connectivity index (χ4v) is 14.0. The molecule has 1 aliphatic heterocycles. The maximum Gasteiger partial charge on any atom is 0.0991 e. The average molecular weight is 1170 g/mol. The number of nitrogens with zero attached hydrogens (tertiary/aromatic N) is 5. The fraction of sp³-hybridized carbons (Fsp3) is 0.0115. The second kappa shape index (κ2) is 23.2. The Morgan fingerprint density at radius 3 is 0.935 bits per heavy atom. The van der Waals surface area contributed by atoms with Gasteiger partial charge in [0.2, 0.25) is 0 Å². The molecule has 1 heterocycles. The molecule has 1 aliphatic carbocycles. The van der Waals surface area contributed by atoms with Gasteiger partial charge in [0.05, 0.1) is 40.1 Å². The molecule has 14 aromatic rings. The molecule has 1 spiro atoms. The Hall–Kier alpha value is -12.5. The second-order valence-electron chi connectivity index (χ2n) is 23.5. The Labute approximate surface area is 536 Å². The molecule has 0 atom stereocenters. The van der Waals surface area contributed by atoms with Crippen molar-refractivity contribution in [3.05, 3.63) is 379 Å². The van der Waals surface area contributed by atoms with Crippen LogP contribution in [-0.2, 0) is 5.41 Å². The van der Waals surface area contributed by atoms with Crippen molar-refractivity contribution in [3.63, 3.8) is 0 Å². The predicted octanol–water partition coefficient (Wildman–Crippen LogP) is 22.9. The van der Waals surface area contributed by atoms with Gasteiger partial charge in [0.25, 0.3) is 0 Å². The van der Waals surface area contributed by atoms with Crippen LogP contribution >= 0.6 is 0 Å². The SMILES string of the molecule is N#Cc1ccc2c(c1)C1(c3cc(C#N)ccc3-2)c2cc(-c3ccc(N(c4ccccc4)c4ccccc4)cc3)ccc2N(c2cccc(-c3cc(-c4ccccc4)cc(-c4ccccc4)c3)c2)c2ccc(-c3ccc(N(c4ccccc4)c4ccccc4)cc3)cc21. The molecule has 0 amide bonds. The normalized spacial score (nSPS) is 12.2. The smallest absolute Gasteiger partial charge is 0.0991 e. The highest BCUT2D eigenvalue weighted by Crippen LogP contribution is 2.65. The van der Waals surface area contributed by atoms with Crippen LogP contribution in [-0.4, -0.2) is 0 Å². The van der Waals surface area contributed by atoms with Crippen molar-refractivity contribution in [2.45, 2.75) is 5.41 Å². The van der Waals surface area contributed by atoms with Gasteiger partial charge >= 0.3 is 0 Å². The highest BCUT2D eigenvalue weighted by molar-refractivity contribution is 5.99. The molecule has 0 fully saturated rings. The number of hydrogen-bond donors (Lipinski definition) is 0. The summed E-state index contributed by atoms with van der Waals surface area (Å²) in [5, 5.41) is 21.8. The topological polar surface area (TPSA) is 57.3 Å². The number of hydrogen-bond acceptors (Lipinski definition) is 5. The third-order valence-electron chi connectivity index (χ3n) is 18.2. The van der Waals surface area contributed by atoms with Crippen molar-refractivity contribution in [3.8, 4) is 78.9 Å². The van der Waals surface area contributed by atoms with Crippen molar-refractivity contribution in [1.82, 2.24) is 0 Å². The van der Waals surface area contributed by atoms with Crippen LogP contribution in [0, 0.1) is 22.7 Å². The summed E-state index contributed by atoms with van der Waals surface area (Å²) in [6, 6.07) is 128. The Morgan fingerprint density at radius 2 is 0.554 bits per heavy atom. The molecule has 0 bridgehead atoms. The van der Waals surface area contributed by atoms with Gasteiger partial charge in [0.15, 0.2) is 0 Å². The van der Waals surface area contributed by atoms with Crippen molar-refractivity contribution >= 4 is 51.2 Å². The fourth-order valence-electron chi connectivity index (χ4n) is 14.0. The molecule has 2 aliphatic rings. The Balaban J connectivity index is 0.931. The lowest BCUT2D eigenvalue weighted by molar-refractivity contribution is 0.752. The first kappa shape index (κ1) is 54.8. The summed E-state index contributed by atoms with van der Waals surface area (Å²) in [6.07, 6.45) is 0. The van der Waals surface area contributed by atoms with Gasteiger partial charge in [0, 0.05) is 39.8 Å². The summed E-state index contributed by atoms with van der Waals surface area (Å²) in [7, 11) is 0. The van der Waals surface area contributed by atoms with Crippen molar-refractivity contribution < 1.29 is 0 Å². The minimum atomic E-state index is -1.03. The van der Waals surface area contributed by atoms with Gasteiger partial charge in [-0.05, 0) is 241 Å². The van der Waals surface area contributed by atoms with Crippen LogP contribution in [0.15, 0.2) is 346 Å². The number of anilines is 9. The Bertz CT molecular complexity index is 4780. The van der Waals surface area contributed by atoms with Crippen LogP contribution < -0.4 is 14.7 Å². The van der Waals surface area contributed by atoms with Gasteiger partial charge < -0.3 is 14.7 Å². The van der Waals surface area contributed by atoms with Gasteiger partial charge in [0.1, 0.15) is 0 Å². The van der Waals surface area contributed by atoms with E-state index < -0.39 is 5.41 Å². The maximum absolute atomic E-state index is 10.9. The first-order chi connectivity index (χ1) is 45.5. The molecule has 16 rings (SSSR count). The zero-order valence-electron chi connectivity index (χ0n) is 50.1. The summed E-state index contributed by atoms with van der Waals surface area (Å²) < 4.78 is 0. The standard InChI is InChI=1S/C87H57N5/c88-58-60-34-46-79-80-47-35-61(59-89)51-82(80)87(81(79)50-60)83-56-67(64-36-42-76(43-37-64)90(72-25-11-3-12-26-72)73-27-13-4-14-28-73)40-48-85(83)92(78-33-19-24-66(55-78)71-53-69(62-20-7-1-8-21-62)52-70(54-71)63-22-9-2-10-23-63)86-49-41-68(57-84(86)87)65-38-44-77(45-39-65)91(74-29-15-5-16-30-74)75-31-17-6-18-32-75/h1-57H. The lowest BCUT2D eigenvalue weighted by Crippen LogP contribution is -2.36. The van der Waals surface area contributed by atoms with Crippen LogP contribution in [0.25, 0.3) is 66.8 Å². The maximum atomic E-state index is 10.9. The number of nitriles is 2. The molecule has 5 nitrogen and oxygen atoms in total. The Morgan fingerprint density at radius 1 is 0.239 bits per heavy atom. The van der Waals surface area contributed by atoms with Gasteiger partial charge in [-0.2, -0.15) is 10.5 Å². The van der Waals surface area contributed by atoms with E-state index in [0.29, 0.717) is 11.1 Å². The number of fused-ring (bicyclic) bond motifs is 9. The molecule has 0 saturated carbocycles. The molecule has 430 valence electrons. The first-order valence-electron chi connectivity index (χ1n) is 31.1. The summed E-state index contributed by atoms with van der Waals surface area (Å²) in [5.74, 6) is 0. The summed E-state index contributed by atoms with van der Waals surface area (Å²) >= 11 is 0. The van der Waals surface area contributed by atoms with Crippen LogP contribution in [0.5, 0.6) is 0 Å². The molecule has 0 saturated heterocycles. The summed E-state index contributed by atoms with van der Waals surface area (Å²) in [4.78, 5) is 7.01. The minimum absolute atomic E-state index is 0.559. The molecular formula is C87H57N5. The lowest BCUT2D eigenvalue weighted by atomic mass is 9.63.